The highest BCUT2D eigenvalue weighted by molar-refractivity contribution is 5.98. The van der Waals surface area contributed by atoms with E-state index in [1.54, 1.807) is 38.4 Å². The van der Waals surface area contributed by atoms with E-state index in [9.17, 15) is 14.4 Å². The predicted octanol–water partition coefficient (Wildman–Crippen LogP) is 1.04. The molecule has 0 aromatic heterocycles. The number of benzene rings is 1. The second-order valence-corrected chi connectivity index (χ2v) is 5.71. The first-order valence-corrected chi connectivity index (χ1v) is 7.70. The van der Waals surface area contributed by atoms with E-state index in [4.69, 9.17) is 0 Å². The van der Waals surface area contributed by atoms with Gasteiger partial charge in [-0.1, -0.05) is 38.5 Å². The Kier molecular flexibility index (Phi) is 7.25. The van der Waals surface area contributed by atoms with Crippen LogP contribution in [0.25, 0.3) is 0 Å². The van der Waals surface area contributed by atoms with Crippen LogP contribution in [-0.4, -0.2) is 49.3 Å². The zero-order valence-electron chi connectivity index (χ0n) is 14.1. The summed E-state index contributed by atoms with van der Waals surface area (Å²) in [7, 11) is 3.25. The molecular formula is C17H25N3O3. The van der Waals surface area contributed by atoms with E-state index in [0.717, 1.165) is 6.42 Å². The minimum atomic E-state index is -0.678. The molecule has 1 aromatic carbocycles. The van der Waals surface area contributed by atoms with Gasteiger partial charge in [-0.2, -0.15) is 0 Å². The van der Waals surface area contributed by atoms with Gasteiger partial charge in [-0.25, -0.2) is 0 Å². The number of rotatable bonds is 7. The van der Waals surface area contributed by atoms with Crippen molar-refractivity contribution in [2.24, 2.45) is 5.92 Å². The summed E-state index contributed by atoms with van der Waals surface area (Å²) in [5.74, 6) is -0.892. The molecule has 0 unspecified atom stereocenters. The number of nitrogens with zero attached hydrogens (tertiary/aromatic N) is 1. The summed E-state index contributed by atoms with van der Waals surface area (Å²) < 4.78 is 0. The highest BCUT2D eigenvalue weighted by atomic mass is 16.2. The number of hydrogen-bond donors (Lipinski definition) is 2. The van der Waals surface area contributed by atoms with E-state index in [1.807, 2.05) is 19.9 Å². The molecule has 1 aromatic rings. The highest BCUT2D eigenvalue weighted by Crippen LogP contribution is 2.09. The van der Waals surface area contributed by atoms with Crippen molar-refractivity contribution < 1.29 is 14.4 Å². The predicted molar refractivity (Wildman–Crippen MR) is 88.9 cm³/mol. The number of carbonyl (C=O) groups excluding carboxylic acids is 3. The normalized spacial score (nSPS) is 12.9. The molecule has 0 heterocycles. The molecule has 0 bridgehead atoms. The fraction of sp³-hybridized carbons (Fsp3) is 0.471. The summed E-state index contributed by atoms with van der Waals surface area (Å²) in [5.41, 5.74) is 0.498. The molecule has 3 amide bonds. The average molecular weight is 319 g/mol. The second kappa shape index (κ2) is 8.92. The summed E-state index contributed by atoms with van der Waals surface area (Å²) in [5, 5.41) is 5.35. The van der Waals surface area contributed by atoms with Crippen molar-refractivity contribution in [3.05, 3.63) is 35.9 Å². The SMILES string of the molecule is CC[C@H](C)[C@H](NC(=O)c1ccccc1)C(=O)NCC(=O)N(C)C. The quantitative estimate of drug-likeness (QED) is 0.788. The maximum atomic E-state index is 12.3. The van der Waals surface area contributed by atoms with Crippen molar-refractivity contribution in [2.45, 2.75) is 26.3 Å². The molecule has 1 rings (SSSR count). The molecule has 2 N–H and O–H groups in total. The van der Waals surface area contributed by atoms with Crippen LogP contribution in [0.5, 0.6) is 0 Å². The first-order chi connectivity index (χ1) is 10.9. The van der Waals surface area contributed by atoms with Crippen molar-refractivity contribution in [1.29, 1.82) is 0 Å². The molecular weight excluding hydrogens is 294 g/mol. The Balaban J connectivity index is 2.74. The topological polar surface area (TPSA) is 78.5 Å². The maximum Gasteiger partial charge on any atom is 0.251 e. The molecule has 0 radical (unpaired) electrons. The van der Waals surface area contributed by atoms with Crippen LogP contribution < -0.4 is 10.6 Å². The fourth-order valence-corrected chi connectivity index (χ4v) is 1.95. The summed E-state index contributed by atoms with van der Waals surface area (Å²) in [6.45, 7) is 3.76. The number of amides is 3. The van der Waals surface area contributed by atoms with Gasteiger partial charge in [0.15, 0.2) is 0 Å². The van der Waals surface area contributed by atoms with Gasteiger partial charge in [-0.3, -0.25) is 14.4 Å². The number of carbonyl (C=O) groups is 3. The summed E-state index contributed by atoms with van der Waals surface area (Å²) in [4.78, 5) is 37.6. The van der Waals surface area contributed by atoms with Crippen molar-refractivity contribution >= 4 is 17.7 Å². The number of likely N-dealkylation sites (N-methyl/N-ethyl adjacent to an activating group) is 1. The van der Waals surface area contributed by atoms with Gasteiger partial charge in [0.1, 0.15) is 6.04 Å². The molecule has 126 valence electrons. The van der Waals surface area contributed by atoms with E-state index >= 15 is 0 Å². The first kappa shape index (κ1) is 18.7. The number of nitrogens with one attached hydrogen (secondary N) is 2. The van der Waals surface area contributed by atoms with Crippen molar-refractivity contribution in [3.8, 4) is 0 Å². The molecule has 0 fully saturated rings. The van der Waals surface area contributed by atoms with Gasteiger partial charge in [0.25, 0.3) is 5.91 Å². The molecule has 0 saturated heterocycles. The Hall–Kier alpha value is -2.37. The fourth-order valence-electron chi connectivity index (χ4n) is 1.95. The molecule has 0 aliphatic carbocycles. The first-order valence-electron chi connectivity index (χ1n) is 7.70. The van der Waals surface area contributed by atoms with Gasteiger partial charge in [0, 0.05) is 19.7 Å². The third-order valence-electron chi connectivity index (χ3n) is 3.73. The van der Waals surface area contributed by atoms with Gasteiger partial charge in [-0.05, 0) is 18.1 Å². The van der Waals surface area contributed by atoms with Gasteiger partial charge in [0.2, 0.25) is 11.8 Å². The van der Waals surface area contributed by atoms with E-state index in [-0.39, 0.29) is 30.2 Å². The van der Waals surface area contributed by atoms with Crippen LogP contribution >= 0.6 is 0 Å². The third-order valence-corrected chi connectivity index (χ3v) is 3.73. The lowest BCUT2D eigenvalue weighted by atomic mass is 9.98. The van der Waals surface area contributed by atoms with Gasteiger partial charge in [0.05, 0.1) is 6.54 Å². The van der Waals surface area contributed by atoms with Crippen molar-refractivity contribution in [1.82, 2.24) is 15.5 Å². The van der Waals surface area contributed by atoms with E-state index in [0.29, 0.717) is 5.56 Å². The molecule has 0 saturated carbocycles. The van der Waals surface area contributed by atoms with E-state index < -0.39 is 6.04 Å². The lowest BCUT2D eigenvalue weighted by Gasteiger charge is -2.24. The van der Waals surface area contributed by atoms with Crippen molar-refractivity contribution in [2.75, 3.05) is 20.6 Å². The third kappa shape index (κ3) is 5.73. The Morgan fingerprint density at radius 2 is 1.74 bits per heavy atom. The largest absolute Gasteiger partial charge is 0.347 e. The monoisotopic (exact) mass is 319 g/mol. The zero-order valence-corrected chi connectivity index (χ0v) is 14.1. The molecule has 2 atom stereocenters. The van der Waals surface area contributed by atoms with Gasteiger partial charge in [-0.15, -0.1) is 0 Å². The summed E-state index contributed by atoms with van der Waals surface area (Å²) in [6, 6.07) is 8.06. The van der Waals surface area contributed by atoms with Crippen LogP contribution in [0.2, 0.25) is 0 Å². The Bertz CT molecular complexity index is 543. The summed E-state index contributed by atoms with van der Waals surface area (Å²) >= 11 is 0. The smallest absolute Gasteiger partial charge is 0.251 e. The highest BCUT2D eigenvalue weighted by Gasteiger charge is 2.26. The van der Waals surface area contributed by atoms with Crippen LogP contribution in [0.3, 0.4) is 0 Å². The van der Waals surface area contributed by atoms with Crippen LogP contribution in [-0.2, 0) is 9.59 Å². The Morgan fingerprint density at radius 1 is 1.13 bits per heavy atom. The minimum absolute atomic E-state index is 0.0443. The van der Waals surface area contributed by atoms with Crippen LogP contribution in [0.15, 0.2) is 30.3 Å². The lowest BCUT2D eigenvalue weighted by molar-refractivity contribution is -0.131. The molecule has 0 spiro atoms. The Labute approximate surface area is 137 Å². The van der Waals surface area contributed by atoms with Gasteiger partial charge < -0.3 is 15.5 Å². The van der Waals surface area contributed by atoms with Crippen LogP contribution in [0, 0.1) is 5.92 Å². The van der Waals surface area contributed by atoms with Crippen LogP contribution in [0.1, 0.15) is 30.6 Å². The van der Waals surface area contributed by atoms with Crippen LogP contribution in [0.4, 0.5) is 0 Å². The minimum Gasteiger partial charge on any atom is -0.347 e. The molecule has 0 aliphatic heterocycles. The molecule has 6 nitrogen and oxygen atoms in total. The second-order valence-electron chi connectivity index (χ2n) is 5.71. The Morgan fingerprint density at radius 3 is 2.26 bits per heavy atom. The van der Waals surface area contributed by atoms with Crippen molar-refractivity contribution in [3.63, 3.8) is 0 Å². The maximum absolute atomic E-state index is 12.3. The standard InChI is InChI=1S/C17H25N3O3/c1-5-12(2)15(17(23)18-11-14(21)20(3)4)19-16(22)13-9-7-6-8-10-13/h6-10,12,15H,5,11H2,1-4H3,(H,18,23)(H,19,22)/t12-,15-/m0/s1. The molecule has 0 aliphatic rings. The summed E-state index contributed by atoms with van der Waals surface area (Å²) in [6.07, 6.45) is 0.731. The number of hydrogen-bond acceptors (Lipinski definition) is 3. The van der Waals surface area contributed by atoms with E-state index in [2.05, 4.69) is 10.6 Å². The lowest BCUT2D eigenvalue weighted by Crippen LogP contribution is -2.51. The van der Waals surface area contributed by atoms with Gasteiger partial charge >= 0.3 is 0 Å². The zero-order chi connectivity index (χ0) is 17.4. The molecule has 6 heteroatoms. The molecule has 23 heavy (non-hydrogen) atoms. The van der Waals surface area contributed by atoms with E-state index in [1.165, 1.54) is 4.90 Å². The average Bonchev–Trinajstić information content (AvgIpc) is 2.56.